The summed E-state index contributed by atoms with van der Waals surface area (Å²) >= 11 is 0. The van der Waals surface area contributed by atoms with Crippen molar-refractivity contribution >= 4 is 0 Å². The minimum Gasteiger partial charge on any atom is -0.494 e. The molecule has 1 heterocycles. The highest BCUT2D eigenvalue weighted by molar-refractivity contribution is 5.28. The van der Waals surface area contributed by atoms with Crippen LogP contribution in [0.4, 0.5) is 0 Å². The van der Waals surface area contributed by atoms with Crippen molar-refractivity contribution in [2.24, 2.45) is 0 Å². The van der Waals surface area contributed by atoms with Gasteiger partial charge in [-0.05, 0) is 37.5 Å². The number of aliphatic hydroxyl groups excluding tert-OH is 1. The summed E-state index contributed by atoms with van der Waals surface area (Å²) in [6, 6.07) is 7.69. The molecule has 1 aliphatic rings. The van der Waals surface area contributed by atoms with Gasteiger partial charge in [0, 0.05) is 18.4 Å². The predicted octanol–water partition coefficient (Wildman–Crippen LogP) is 2.12. The Bertz CT molecular complexity index is 653. The fraction of sp³-hybridized carbons (Fsp3) is 0.438. The van der Waals surface area contributed by atoms with E-state index in [1.165, 1.54) is 0 Å². The molecule has 1 unspecified atom stereocenters. The molecule has 0 amide bonds. The highest BCUT2D eigenvalue weighted by atomic mass is 16.5. The minimum atomic E-state index is -0.701. The molecule has 0 saturated heterocycles. The maximum atomic E-state index is 12.2. The summed E-state index contributed by atoms with van der Waals surface area (Å²) in [4.78, 5) is 12.2. The number of ether oxygens (including phenoxy) is 1. The van der Waals surface area contributed by atoms with E-state index < -0.39 is 6.10 Å². The lowest BCUT2D eigenvalue weighted by atomic mass is 10.1. The van der Waals surface area contributed by atoms with Crippen LogP contribution in [0.5, 0.6) is 5.75 Å². The highest BCUT2D eigenvalue weighted by Gasteiger charge is 2.25. The van der Waals surface area contributed by atoms with Crippen LogP contribution in [0.2, 0.25) is 0 Å². The average Bonchev–Trinajstić information content (AvgIpc) is 3.26. The van der Waals surface area contributed by atoms with Gasteiger partial charge in [0.1, 0.15) is 5.75 Å². The molecule has 1 atom stereocenters. The molecule has 1 fully saturated rings. The Balaban J connectivity index is 1.70. The monoisotopic (exact) mass is 288 g/mol. The van der Waals surface area contributed by atoms with Gasteiger partial charge < -0.3 is 9.84 Å². The summed E-state index contributed by atoms with van der Waals surface area (Å²) in [6.45, 7) is 2.82. The third kappa shape index (κ3) is 3.03. The van der Waals surface area contributed by atoms with Crippen molar-refractivity contribution in [1.82, 2.24) is 9.13 Å². The van der Waals surface area contributed by atoms with E-state index in [4.69, 9.17) is 4.74 Å². The summed E-state index contributed by atoms with van der Waals surface area (Å²) in [7, 11) is 0. The molecule has 2 aromatic rings. The lowest BCUT2D eigenvalue weighted by Gasteiger charge is -2.12. The third-order valence-electron chi connectivity index (χ3n) is 3.76. The first-order valence-electron chi connectivity index (χ1n) is 7.37. The zero-order valence-corrected chi connectivity index (χ0v) is 12.1. The molecule has 1 aliphatic carbocycles. The van der Waals surface area contributed by atoms with Crippen molar-refractivity contribution in [2.75, 3.05) is 6.61 Å². The zero-order chi connectivity index (χ0) is 14.8. The molecule has 1 aromatic heterocycles. The quantitative estimate of drug-likeness (QED) is 0.885. The molecular formula is C16H20N2O3. The van der Waals surface area contributed by atoms with Crippen LogP contribution in [0, 0.1) is 0 Å². The van der Waals surface area contributed by atoms with E-state index in [1.54, 1.807) is 15.3 Å². The van der Waals surface area contributed by atoms with Gasteiger partial charge in [0.15, 0.2) is 0 Å². The van der Waals surface area contributed by atoms with Gasteiger partial charge in [0.05, 0.1) is 19.3 Å². The Morgan fingerprint density at radius 1 is 1.29 bits per heavy atom. The Hall–Kier alpha value is -2.01. The molecule has 5 heteroatoms. The molecule has 1 saturated carbocycles. The van der Waals surface area contributed by atoms with Gasteiger partial charge in [-0.3, -0.25) is 9.13 Å². The van der Waals surface area contributed by atoms with Crippen LogP contribution in [0.25, 0.3) is 0 Å². The maximum Gasteiger partial charge on any atom is 0.328 e. The van der Waals surface area contributed by atoms with Crippen molar-refractivity contribution in [2.45, 2.75) is 38.5 Å². The first-order chi connectivity index (χ1) is 10.2. The van der Waals surface area contributed by atoms with Crippen LogP contribution >= 0.6 is 0 Å². The van der Waals surface area contributed by atoms with Crippen LogP contribution in [0.1, 0.15) is 37.5 Å². The number of benzene rings is 1. The Kier molecular flexibility index (Phi) is 3.84. The molecule has 5 nitrogen and oxygen atoms in total. The number of aromatic nitrogens is 2. The first kappa shape index (κ1) is 13.9. The fourth-order valence-corrected chi connectivity index (χ4v) is 2.44. The number of hydrogen-bond donors (Lipinski definition) is 1. The van der Waals surface area contributed by atoms with Crippen LogP contribution in [-0.4, -0.2) is 20.8 Å². The second-order valence-corrected chi connectivity index (χ2v) is 5.39. The Morgan fingerprint density at radius 3 is 2.62 bits per heavy atom. The van der Waals surface area contributed by atoms with Crippen LogP contribution < -0.4 is 10.4 Å². The van der Waals surface area contributed by atoms with Crippen molar-refractivity contribution in [3.8, 4) is 5.75 Å². The summed E-state index contributed by atoms with van der Waals surface area (Å²) in [5, 5.41) is 10.3. The SMILES string of the molecule is CCOc1ccc(C(O)Cn2ccn(C3CC3)c2=O)cc1. The second kappa shape index (κ2) is 5.77. The van der Waals surface area contributed by atoms with E-state index in [2.05, 4.69) is 0 Å². The summed E-state index contributed by atoms with van der Waals surface area (Å²) in [6.07, 6.45) is 5.01. The maximum absolute atomic E-state index is 12.2. The largest absolute Gasteiger partial charge is 0.494 e. The minimum absolute atomic E-state index is 0.0394. The van der Waals surface area contributed by atoms with E-state index in [-0.39, 0.29) is 12.2 Å². The van der Waals surface area contributed by atoms with Crippen molar-refractivity contribution in [3.63, 3.8) is 0 Å². The Morgan fingerprint density at radius 2 is 2.00 bits per heavy atom. The molecule has 0 aliphatic heterocycles. The topological polar surface area (TPSA) is 56.4 Å². The average molecular weight is 288 g/mol. The number of nitrogens with zero attached hydrogens (tertiary/aromatic N) is 2. The molecule has 0 radical (unpaired) electrons. The third-order valence-corrected chi connectivity index (χ3v) is 3.76. The molecule has 3 rings (SSSR count). The lowest BCUT2D eigenvalue weighted by molar-refractivity contribution is 0.154. The number of aliphatic hydroxyl groups is 1. The van der Waals surface area contributed by atoms with Crippen LogP contribution in [-0.2, 0) is 6.54 Å². The molecule has 112 valence electrons. The fourth-order valence-electron chi connectivity index (χ4n) is 2.44. The van der Waals surface area contributed by atoms with Gasteiger partial charge in [0.25, 0.3) is 0 Å². The number of rotatable bonds is 6. The van der Waals surface area contributed by atoms with Crippen molar-refractivity contribution in [3.05, 3.63) is 52.7 Å². The van der Waals surface area contributed by atoms with E-state index in [9.17, 15) is 9.90 Å². The van der Waals surface area contributed by atoms with E-state index >= 15 is 0 Å². The molecule has 1 N–H and O–H groups in total. The molecule has 0 bridgehead atoms. The zero-order valence-electron chi connectivity index (χ0n) is 12.1. The number of hydrogen-bond acceptors (Lipinski definition) is 3. The molecular weight excluding hydrogens is 268 g/mol. The van der Waals surface area contributed by atoms with Gasteiger partial charge in [-0.25, -0.2) is 4.79 Å². The van der Waals surface area contributed by atoms with Crippen molar-refractivity contribution in [1.29, 1.82) is 0 Å². The number of imidazole rings is 1. The van der Waals surface area contributed by atoms with Gasteiger partial charge in [-0.2, -0.15) is 0 Å². The Labute approximate surface area is 123 Å². The molecule has 0 spiro atoms. The smallest absolute Gasteiger partial charge is 0.328 e. The van der Waals surface area contributed by atoms with Gasteiger partial charge in [-0.1, -0.05) is 12.1 Å². The van der Waals surface area contributed by atoms with E-state index in [1.807, 2.05) is 37.4 Å². The highest BCUT2D eigenvalue weighted by Crippen LogP contribution is 2.33. The second-order valence-electron chi connectivity index (χ2n) is 5.39. The first-order valence-corrected chi connectivity index (χ1v) is 7.37. The normalized spacial score (nSPS) is 15.9. The van der Waals surface area contributed by atoms with Crippen LogP contribution in [0.3, 0.4) is 0 Å². The van der Waals surface area contributed by atoms with Gasteiger partial charge in [-0.15, -0.1) is 0 Å². The predicted molar refractivity (Wildman–Crippen MR) is 79.5 cm³/mol. The lowest BCUT2D eigenvalue weighted by Crippen LogP contribution is -2.25. The summed E-state index contributed by atoms with van der Waals surface area (Å²) < 4.78 is 8.70. The van der Waals surface area contributed by atoms with Gasteiger partial charge >= 0.3 is 5.69 Å². The summed E-state index contributed by atoms with van der Waals surface area (Å²) in [5.41, 5.74) is 0.743. The van der Waals surface area contributed by atoms with E-state index in [0.29, 0.717) is 12.6 Å². The summed E-state index contributed by atoms with van der Waals surface area (Å²) in [5.74, 6) is 0.783. The van der Waals surface area contributed by atoms with E-state index in [0.717, 1.165) is 24.2 Å². The standard InChI is InChI=1S/C16H20N2O3/c1-2-21-14-7-3-12(4-8-14)15(19)11-17-9-10-18(16(17)20)13-5-6-13/h3-4,7-10,13,15,19H,2,5-6,11H2,1H3. The van der Waals surface area contributed by atoms with Gasteiger partial charge in [0.2, 0.25) is 0 Å². The van der Waals surface area contributed by atoms with Crippen LogP contribution in [0.15, 0.2) is 41.5 Å². The molecule has 1 aromatic carbocycles. The van der Waals surface area contributed by atoms with Crippen molar-refractivity contribution < 1.29 is 9.84 Å². The molecule has 21 heavy (non-hydrogen) atoms.